The zero-order chi connectivity index (χ0) is 12.8. The highest BCUT2D eigenvalue weighted by Crippen LogP contribution is 2.32. The molecule has 18 heavy (non-hydrogen) atoms. The summed E-state index contributed by atoms with van der Waals surface area (Å²) < 4.78 is 27.6. The number of nitrogens with zero attached hydrogens (tertiary/aromatic N) is 1. The van der Waals surface area contributed by atoms with Crippen LogP contribution < -0.4 is 10.5 Å². The van der Waals surface area contributed by atoms with E-state index in [0.717, 1.165) is 23.3 Å². The fourth-order valence-corrected chi connectivity index (χ4v) is 3.02. The summed E-state index contributed by atoms with van der Waals surface area (Å²) in [7, 11) is -2.73. The van der Waals surface area contributed by atoms with Crippen LogP contribution in [0.2, 0.25) is 0 Å². The van der Waals surface area contributed by atoms with Crippen LogP contribution in [0.3, 0.4) is 0 Å². The monoisotopic (exact) mass is 263 g/mol. The van der Waals surface area contributed by atoms with Crippen molar-refractivity contribution in [3.8, 4) is 0 Å². The Kier molecular flexibility index (Phi) is 2.30. The van der Waals surface area contributed by atoms with Crippen LogP contribution in [0, 0.1) is 9.56 Å². The summed E-state index contributed by atoms with van der Waals surface area (Å²) in [5.41, 5.74) is 8.17. The molecule has 2 heterocycles. The second-order valence-electron chi connectivity index (χ2n) is 4.09. The SMILES string of the molecule is N=S1(=N)N=C(N)c2c(cccc2C2=CCCO2)N1. The predicted octanol–water partition coefficient (Wildman–Crippen LogP) is 2.09. The molecule has 0 unspecified atom stereocenters. The van der Waals surface area contributed by atoms with Crippen LogP contribution in [0.1, 0.15) is 17.5 Å². The Morgan fingerprint density at radius 3 is 2.94 bits per heavy atom. The van der Waals surface area contributed by atoms with Gasteiger partial charge in [-0.2, -0.15) is 4.40 Å². The van der Waals surface area contributed by atoms with Gasteiger partial charge in [0.05, 0.1) is 17.9 Å². The molecule has 3 rings (SSSR count). The number of ether oxygens (including phenoxy) is 1. The summed E-state index contributed by atoms with van der Waals surface area (Å²) in [6.07, 6.45) is 2.90. The van der Waals surface area contributed by atoms with Crippen LogP contribution in [-0.4, -0.2) is 12.4 Å². The van der Waals surface area contributed by atoms with E-state index in [2.05, 4.69) is 9.12 Å². The fraction of sp³-hybridized carbons (Fsp3) is 0.182. The Hall–Kier alpha value is -2.02. The smallest absolute Gasteiger partial charge is 0.145 e. The zero-order valence-corrected chi connectivity index (χ0v) is 10.4. The molecule has 0 aliphatic carbocycles. The molecule has 0 saturated heterocycles. The van der Waals surface area contributed by atoms with Crippen LogP contribution in [0.4, 0.5) is 5.69 Å². The number of anilines is 1. The Morgan fingerprint density at radius 1 is 1.39 bits per heavy atom. The number of nitrogens with one attached hydrogen (secondary N) is 3. The maximum atomic E-state index is 7.69. The van der Waals surface area contributed by atoms with E-state index in [0.29, 0.717) is 12.3 Å². The molecular formula is C11H13N5OS. The summed E-state index contributed by atoms with van der Waals surface area (Å²) in [5, 5.41) is 0. The molecule has 94 valence electrons. The normalized spacial score (nSPS) is 20.2. The molecule has 0 saturated carbocycles. The highest BCUT2D eigenvalue weighted by atomic mass is 32.2. The number of benzene rings is 1. The average Bonchev–Trinajstić information content (AvgIpc) is 2.79. The third-order valence-corrected chi connectivity index (χ3v) is 3.77. The van der Waals surface area contributed by atoms with Crippen molar-refractivity contribution in [2.24, 2.45) is 10.1 Å². The number of hydrogen-bond acceptors (Lipinski definition) is 4. The third-order valence-electron chi connectivity index (χ3n) is 2.78. The van der Waals surface area contributed by atoms with Crippen molar-refractivity contribution in [3.63, 3.8) is 0 Å². The molecule has 6 nitrogen and oxygen atoms in total. The van der Waals surface area contributed by atoms with E-state index < -0.39 is 9.99 Å². The summed E-state index contributed by atoms with van der Waals surface area (Å²) in [5.74, 6) is 1.03. The van der Waals surface area contributed by atoms with Crippen molar-refractivity contribution in [2.75, 3.05) is 11.3 Å². The minimum absolute atomic E-state index is 0.232. The molecule has 1 aromatic rings. The summed E-state index contributed by atoms with van der Waals surface area (Å²) in [4.78, 5) is 0. The Labute approximate surface area is 105 Å². The van der Waals surface area contributed by atoms with E-state index in [1.807, 2.05) is 18.2 Å². The van der Waals surface area contributed by atoms with Crippen LogP contribution in [0.5, 0.6) is 0 Å². The molecule has 0 amide bonds. The lowest BCUT2D eigenvalue weighted by Crippen LogP contribution is -2.26. The lowest BCUT2D eigenvalue weighted by Gasteiger charge is -2.22. The van der Waals surface area contributed by atoms with E-state index in [1.165, 1.54) is 0 Å². The first-order valence-electron chi connectivity index (χ1n) is 5.49. The summed E-state index contributed by atoms with van der Waals surface area (Å²) >= 11 is 0. The van der Waals surface area contributed by atoms with Crippen molar-refractivity contribution in [2.45, 2.75) is 6.42 Å². The molecule has 0 bridgehead atoms. The number of amidine groups is 1. The second-order valence-corrected chi connectivity index (χ2v) is 5.64. The van der Waals surface area contributed by atoms with Crippen molar-refractivity contribution in [3.05, 3.63) is 35.4 Å². The molecule has 2 aliphatic rings. The van der Waals surface area contributed by atoms with Crippen molar-refractivity contribution < 1.29 is 4.74 Å². The molecule has 5 N–H and O–H groups in total. The van der Waals surface area contributed by atoms with Gasteiger partial charge >= 0.3 is 0 Å². The van der Waals surface area contributed by atoms with Gasteiger partial charge in [-0.3, -0.25) is 4.72 Å². The van der Waals surface area contributed by atoms with Crippen LogP contribution >= 0.6 is 0 Å². The Morgan fingerprint density at radius 2 is 2.22 bits per heavy atom. The highest BCUT2D eigenvalue weighted by molar-refractivity contribution is 7.93. The van der Waals surface area contributed by atoms with Crippen LogP contribution in [0.15, 0.2) is 28.7 Å². The van der Waals surface area contributed by atoms with Gasteiger partial charge < -0.3 is 10.5 Å². The standard InChI is InChI=1S/C11H13N5OS/c12-11-10-7(9-5-2-6-17-9)3-1-4-8(10)15-18(13,14)16-11/h1,3-5H,2,6H2,(H5,12,13,14,15,16). The van der Waals surface area contributed by atoms with Gasteiger partial charge in [0.1, 0.15) is 21.6 Å². The van der Waals surface area contributed by atoms with Crippen molar-refractivity contribution in [1.82, 2.24) is 0 Å². The highest BCUT2D eigenvalue weighted by Gasteiger charge is 2.22. The van der Waals surface area contributed by atoms with Crippen LogP contribution in [0.25, 0.3) is 5.76 Å². The van der Waals surface area contributed by atoms with Crippen LogP contribution in [-0.2, 0) is 14.7 Å². The van der Waals surface area contributed by atoms with E-state index in [-0.39, 0.29) is 5.84 Å². The predicted molar refractivity (Wildman–Crippen MR) is 72.1 cm³/mol. The molecule has 0 spiro atoms. The zero-order valence-electron chi connectivity index (χ0n) is 9.56. The molecule has 7 heteroatoms. The molecule has 1 aromatic carbocycles. The molecule has 0 aromatic heterocycles. The van der Waals surface area contributed by atoms with Gasteiger partial charge in [-0.15, -0.1) is 0 Å². The second kappa shape index (κ2) is 3.74. The van der Waals surface area contributed by atoms with Gasteiger partial charge in [-0.05, 0) is 12.1 Å². The van der Waals surface area contributed by atoms with E-state index in [9.17, 15) is 0 Å². The van der Waals surface area contributed by atoms with Gasteiger partial charge in [0, 0.05) is 12.0 Å². The first kappa shape index (κ1) is 11.1. The van der Waals surface area contributed by atoms with E-state index >= 15 is 0 Å². The number of fused-ring (bicyclic) bond motifs is 1. The quantitative estimate of drug-likeness (QED) is 0.623. The maximum Gasteiger partial charge on any atom is 0.145 e. The van der Waals surface area contributed by atoms with Gasteiger partial charge in [-0.1, -0.05) is 12.1 Å². The Bertz CT molecular complexity index is 675. The third kappa shape index (κ3) is 1.72. The summed E-state index contributed by atoms with van der Waals surface area (Å²) in [6.45, 7) is 0.676. The number of hydrogen-bond donors (Lipinski definition) is 4. The maximum absolute atomic E-state index is 7.69. The number of rotatable bonds is 1. The average molecular weight is 263 g/mol. The van der Waals surface area contributed by atoms with E-state index in [1.54, 1.807) is 6.07 Å². The minimum atomic E-state index is -2.73. The van der Waals surface area contributed by atoms with Gasteiger partial charge in [0.25, 0.3) is 0 Å². The minimum Gasteiger partial charge on any atom is -0.493 e. The van der Waals surface area contributed by atoms with Crippen molar-refractivity contribution >= 4 is 27.3 Å². The van der Waals surface area contributed by atoms with Gasteiger partial charge in [-0.25, -0.2) is 9.56 Å². The molecule has 2 aliphatic heterocycles. The fourth-order valence-electron chi connectivity index (χ4n) is 2.10. The summed E-state index contributed by atoms with van der Waals surface area (Å²) in [6, 6.07) is 5.58. The number of nitrogens with two attached hydrogens (primary N) is 1. The lowest BCUT2D eigenvalue weighted by atomic mass is 10.0. The van der Waals surface area contributed by atoms with Gasteiger partial charge in [0.2, 0.25) is 0 Å². The molecule has 0 radical (unpaired) electrons. The van der Waals surface area contributed by atoms with Gasteiger partial charge in [0.15, 0.2) is 0 Å². The molecule has 0 atom stereocenters. The molecular weight excluding hydrogens is 250 g/mol. The lowest BCUT2D eigenvalue weighted by molar-refractivity contribution is 0.307. The molecule has 0 fully saturated rings. The first-order valence-corrected chi connectivity index (χ1v) is 7.08. The topological polar surface area (TPSA) is 107 Å². The Balaban J connectivity index is 2.21. The van der Waals surface area contributed by atoms with Crippen molar-refractivity contribution in [1.29, 1.82) is 9.56 Å². The van der Waals surface area contributed by atoms with E-state index in [4.69, 9.17) is 20.0 Å². The largest absolute Gasteiger partial charge is 0.493 e. The first-order chi connectivity index (χ1) is 8.57.